The zero-order valence-electron chi connectivity index (χ0n) is 17.2. The molecular weight excluding hydrogens is 346 g/mol. The van der Waals surface area contributed by atoms with Gasteiger partial charge in [-0.3, -0.25) is 0 Å². The maximum atomic E-state index is 12.5. The van der Waals surface area contributed by atoms with Gasteiger partial charge in [0.1, 0.15) is 17.0 Å². The Morgan fingerprint density at radius 2 is 2.00 bits per heavy atom. The molecule has 7 nitrogen and oxygen atoms in total. The van der Waals surface area contributed by atoms with Gasteiger partial charge in [0.15, 0.2) is 0 Å². The number of ether oxygens (including phenoxy) is 2. The first-order valence-corrected chi connectivity index (χ1v) is 9.50. The van der Waals surface area contributed by atoms with Crippen LogP contribution < -0.4 is 4.90 Å². The lowest BCUT2D eigenvalue weighted by Crippen LogP contribution is -2.58. The maximum Gasteiger partial charge on any atom is 0.410 e. The third-order valence-corrected chi connectivity index (χ3v) is 5.07. The molecule has 1 amide bonds. The summed E-state index contributed by atoms with van der Waals surface area (Å²) in [7, 11) is 1.57. The minimum Gasteiger partial charge on any atom is -0.444 e. The number of hydrogen-bond donors (Lipinski definition) is 1. The lowest BCUT2D eigenvalue weighted by Gasteiger charge is -2.43. The van der Waals surface area contributed by atoms with Crippen LogP contribution in [-0.4, -0.2) is 65.6 Å². The molecule has 3 heterocycles. The fourth-order valence-electron chi connectivity index (χ4n) is 3.97. The topological polar surface area (TPSA) is 75.1 Å². The van der Waals surface area contributed by atoms with Gasteiger partial charge in [0, 0.05) is 26.2 Å². The van der Waals surface area contributed by atoms with E-state index in [1.807, 2.05) is 32.9 Å². The number of carbonyl (C=O) groups is 1. The molecule has 7 heteroatoms. The van der Waals surface area contributed by atoms with Gasteiger partial charge in [-0.25, -0.2) is 9.78 Å². The van der Waals surface area contributed by atoms with E-state index >= 15 is 0 Å². The van der Waals surface area contributed by atoms with Crippen molar-refractivity contribution in [1.82, 2.24) is 9.88 Å². The minimum absolute atomic E-state index is 0.118. The number of nitrogens with zero attached hydrogens (tertiary/aromatic N) is 3. The second-order valence-corrected chi connectivity index (χ2v) is 8.89. The molecule has 3 rings (SSSR count). The molecule has 150 valence electrons. The summed E-state index contributed by atoms with van der Waals surface area (Å²) >= 11 is 0. The number of carbonyl (C=O) groups excluding carboxylic acids is 1. The first-order valence-electron chi connectivity index (χ1n) is 9.50. The lowest BCUT2D eigenvalue weighted by atomic mass is 10.0. The molecule has 1 fully saturated rings. The van der Waals surface area contributed by atoms with Gasteiger partial charge in [-0.05, 0) is 52.7 Å². The van der Waals surface area contributed by atoms with Crippen molar-refractivity contribution >= 4 is 11.9 Å². The van der Waals surface area contributed by atoms with E-state index in [1.165, 1.54) is 0 Å². The number of anilines is 1. The predicted octanol–water partition coefficient (Wildman–Crippen LogP) is 2.31. The monoisotopic (exact) mass is 377 g/mol. The van der Waals surface area contributed by atoms with E-state index in [2.05, 4.69) is 11.8 Å². The van der Waals surface area contributed by atoms with Gasteiger partial charge in [-0.15, -0.1) is 0 Å². The average molecular weight is 377 g/mol. The number of pyridine rings is 1. The van der Waals surface area contributed by atoms with Crippen molar-refractivity contribution in [1.29, 1.82) is 0 Å². The highest BCUT2D eigenvalue weighted by Crippen LogP contribution is 2.37. The van der Waals surface area contributed by atoms with Crippen molar-refractivity contribution in [2.45, 2.75) is 64.3 Å². The Balaban J connectivity index is 1.80. The zero-order valence-corrected chi connectivity index (χ0v) is 17.2. The van der Waals surface area contributed by atoms with Gasteiger partial charge in [-0.2, -0.15) is 0 Å². The van der Waals surface area contributed by atoms with Crippen molar-refractivity contribution in [3.63, 3.8) is 0 Å². The number of methoxy groups -OCH3 is 1. The fourth-order valence-corrected chi connectivity index (χ4v) is 3.97. The Labute approximate surface area is 161 Å². The van der Waals surface area contributed by atoms with E-state index < -0.39 is 11.2 Å². The van der Waals surface area contributed by atoms with Crippen molar-refractivity contribution in [2.75, 3.05) is 31.7 Å². The van der Waals surface area contributed by atoms with Gasteiger partial charge < -0.3 is 24.4 Å². The molecule has 1 aromatic heterocycles. The van der Waals surface area contributed by atoms with Crippen LogP contribution in [0.15, 0.2) is 12.1 Å². The largest absolute Gasteiger partial charge is 0.444 e. The molecule has 2 aliphatic heterocycles. The highest BCUT2D eigenvalue weighted by atomic mass is 16.6. The number of piperazine rings is 1. The van der Waals surface area contributed by atoms with E-state index in [1.54, 1.807) is 18.9 Å². The van der Waals surface area contributed by atoms with E-state index in [4.69, 9.17) is 14.5 Å². The lowest BCUT2D eigenvalue weighted by molar-refractivity contribution is -0.0239. The van der Waals surface area contributed by atoms with Gasteiger partial charge in [-0.1, -0.05) is 6.07 Å². The Morgan fingerprint density at radius 3 is 2.63 bits per heavy atom. The number of hydrogen-bond acceptors (Lipinski definition) is 6. The van der Waals surface area contributed by atoms with E-state index in [0.717, 1.165) is 17.8 Å². The van der Waals surface area contributed by atoms with Crippen LogP contribution in [-0.2, 0) is 21.5 Å². The molecule has 0 unspecified atom stereocenters. The minimum atomic E-state index is -1.14. The summed E-state index contributed by atoms with van der Waals surface area (Å²) < 4.78 is 10.7. The molecule has 1 saturated heterocycles. The third kappa shape index (κ3) is 4.04. The zero-order chi connectivity index (χ0) is 20.0. The summed E-state index contributed by atoms with van der Waals surface area (Å²) in [4.78, 5) is 21.3. The maximum absolute atomic E-state index is 12.5. The number of fused-ring (bicyclic) bond motifs is 3. The van der Waals surface area contributed by atoms with Crippen LogP contribution in [0, 0.1) is 0 Å². The van der Waals surface area contributed by atoms with Crippen LogP contribution in [0.2, 0.25) is 0 Å². The fraction of sp³-hybridized carbons (Fsp3) is 0.700. The third-order valence-electron chi connectivity index (χ3n) is 5.07. The Kier molecular flexibility index (Phi) is 5.12. The Bertz CT molecular complexity index is 714. The number of aliphatic hydroxyl groups is 1. The number of amides is 1. The highest BCUT2D eigenvalue weighted by molar-refractivity contribution is 5.69. The molecule has 0 bridgehead atoms. The molecule has 27 heavy (non-hydrogen) atoms. The van der Waals surface area contributed by atoms with Crippen LogP contribution in [0.5, 0.6) is 0 Å². The number of rotatable bonds is 3. The molecule has 1 aromatic rings. The highest BCUT2D eigenvalue weighted by Gasteiger charge is 2.42. The summed E-state index contributed by atoms with van der Waals surface area (Å²) in [6.07, 6.45) is 0.570. The summed E-state index contributed by atoms with van der Waals surface area (Å²) in [5.74, 6) is 0.908. The predicted molar refractivity (Wildman–Crippen MR) is 103 cm³/mol. The van der Waals surface area contributed by atoms with Gasteiger partial charge in [0.05, 0.1) is 18.3 Å². The first-order chi connectivity index (χ1) is 12.5. The van der Waals surface area contributed by atoms with Crippen molar-refractivity contribution in [3.05, 3.63) is 23.4 Å². The molecule has 0 aromatic carbocycles. The normalized spacial score (nSPS) is 24.3. The molecule has 0 spiro atoms. The van der Waals surface area contributed by atoms with Crippen LogP contribution >= 0.6 is 0 Å². The van der Waals surface area contributed by atoms with Gasteiger partial charge in [0.2, 0.25) is 0 Å². The first kappa shape index (κ1) is 19.9. The Morgan fingerprint density at radius 1 is 1.30 bits per heavy atom. The van der Waals surface area contributed by atoms with Crippen LogP contribution in [0.4, 0.5) is 10.6 Å². The van der Waals surface area contributed by atoms with Crippen molar-refractivity contribution in [3.8, 4) is 0 Å². The van der Waals surface area contributed by atoms with Crippen molar-refractivity contribution < 1.29 is 19.4 Å². The van der Waals surface area contributed by atoms with E-state index in [0.29, 0.717) is 18.8 Å². The van der Waals surface area contributed by atoms with Gasteiger partial charge in [0.25, 0.3) is 0 Å². The van der Waals surface area contributed by atoms with Crippen LogP contribution in [0.1, 0.15) is 45.9 Å². The molecule has 0 aliphatic carbocycles. The van der Waals surface area contributed by atoms with Gasteiger partial charge >= 0.3 is 6.09 Å². The second-order valence-electron chi connectivity index (χ2n) is 8.89. The van der Waals surface area contributed by atoms with E-state index in [9.17, 15) is 9.90 Å². The SMILES string of the molecule is COC[C@@](C)(O)c1ccc2c(n1)N1[C@H](C2)CN(C(=O)OC(C)(C)C)C[C@H]1C. The Hall–Kier alpha value is -1.86. The second kappa shape index (κ2) is 6.95. The average Bonchev–Trinajstić information content (AvgIpc) is 2.91. The molecular formula is C20H31N3O4. The smallest absolute Gasteiger partial charge is 0.410 e. The standard InChI is InChI=1S/C20H31N3O4/c1-13-10-22(18(24)27-19(2,3)4)11-15-9-14-7-8-16(20(5,25)12-26-6)21-17(14)23(13)15/h7-8,13,15,25H,9-12H2,1-6H3/t13-,15-,20-/m1/s1. The summed E-state index contributed by atoms with van der Waals surface area (Å²) in [6.45, 7) is 10.8. The van der Waals surface area contributed by atoms with Crippen LogP contribution in [0.25, 0.3) is 0 Å². The molecule has 3 atom stereocenters. The van der Waals surface area contributed by atoms with E-state index in [-0.39, 0.29) is 24.8 Å². The molecule has 2 aliphatic rings. The summed E-state index contributed by atoms with van der Waals surface area (Å²) in [6, 6.07) is 4.19. The summed E-state index contributed by atoms with van der Waals surface area (Å²) in [5.41, 5.74) is 0.114. The molecule has 0 saturated carbocycles. The summed E-state index contributed by atoms with van der Waals surface area (Å²) in [5, 5.41) is 10.6. The quantitative estimate of drug-likeness (QED) is 0.871. The van der Waals surface area contributed by atoms with Crippen molar-refractivity contribution in [2.24, 2.45) is 0 Å². The molecule has 0 radical (unpaired) electrons. The van der Waals surface area contributed by atoms with Crippen LogP contribution in [0.3, 0.4) is 0 Å². The number of aromatic nitrogens is 1. The molecule has 1 N–H and O–H groups in total.